The van der Waals surface area contributed by atoms with E-state index in [1.54, 1.807) is 6.29 Å². The minimum absolute atomic E-state index is 0. The third kappa shape index (κ3) is 33.5. The van der Waals surface area contributed by atoms with Crippen LogP contribution in [-0.2, 0) is 49.6 Å². The molecule has 0 heterocycles. The van der Waals surface area contributed by atoms with Gasteiger partial charge in [-0.2, -0.15) is 0 Å². The molecule has 0 unspecified atom stereocenters. The van der Waals surface area contributed by atoms with Gasteiger partial charge in [0.15, 0.2) is 0 Å². The van der Waals surface area contributed by atoms with E-state index in [2.05, 4.69) is 60.6 Å². The van der Waals surface area contributed by atoms with Crippen molar-refractivity contribution in [2.45, 2.75) is 38.9 Å². The molecule has 0 saturated heterocycles. The molecule has 0 rings (SSSR count). The molecule has 23 heavy (non-hydrogen) atoms. The quantitative estimate of drug-likeness (QED) is 0.231. The maximum atomic E-state index is 10.2. The Morgan fingerprint density at radius 1 is 0.870 bits per heavy atom. The summed E-state index contributed by atoms with van der Waals surface area (Å²) in [6.45, 7) is 32.3. The van der Waals surface area contributed by atoms with Crippen molar-refractivity contribution < 1.29 is 49.6 Å². The van der Waals surface area contributed by atoms with E-state index in [-0.39, 0.29) is 22.8 Å². The van der Waals surface area contributed by atoms with Gasteiger partial charge in [-0.3, -0.25) is 0 Å². The van der Waals surface area contributed by atoms with Gasteiger partial charge in [-0.25, -0.2) is 6.58 Å². The van der Waals surface area contributed by atoms with Crippen LogP contribution in [-0.4, -0.2) is 14.6 Å². The van der Waals surface area contributed by atoms with E-state index in [1.165, 1.54) is 0 Å². The van der Waals surface area contributed by atoms with Crippen LogP contribution < -0.4 is 0 Å². The summed E-state index contributed by atoms with van der Waals surface area (Å²) >= 11 is 0. The first-order valence-electron chi connectivity index (χ1n) is 5.42. The van der Waals surface area contributed by atoms with Crippen molar-refractivity contribution in [1.29, 1.82) is 0 Å². The van der Waals surface area contributed by atoms with Crippen molar-refractivity contribution in [1.82, 2.24) is 0 Å². The number of hydrogen-bond acceptors (Lipinski definition) is 2. The van der Waals surface area contributed by atoms with E-state index < -0.39 is 8.32 Å². The topological polar surface area (TPSA) is 126 Å². The van der Waals surface area contributed by atoms with E-state index in [1.807, 2.05) is 0 Å². The standard InChI is InChI=1S/C9H17O2Si.5CO.Mn/c1-5-12(6-2,7-3)11-9(4)8-10;5*1-2;/h4-7H2,1-3H3;;;;;;/q-1;;;;;;. The van der Waals surface area contributed by atoms with Crippen LogP contribution >= 0.6 is 0 Å². The van der Waals surface area contributed by atoms with Crippen LogP contribution in [0.4, 0.5) is 0 Å². The van der Waals surface area contributed by atoms with Crippen molar-refractivity contribution in [3.8, 4) is 0 Å². The van der Waals surface area contributed by atoms with Gasteiger partial charge in [0, 0.05) is 23.4 Å². The van der Waals surface area contributed by atoms with Gasteiger partial charge in [-0.15, -0.1) is 0 Å². The fourth-order valence-corrected chi connectivity index (χ4v) is 3.75. The number of allylic oxidation sites excluding steroid dienone is 1. The van der Waals surface area contributed by atoms with E-state index in [0.717, 1.165) is 18.1 Å². The molecule has 0 spiro atoms. The van der Waals surface area contributed by atoms with Crippen LogP contribution in [0.1, 0.15) is 20.8 Å². The summed E-state index contributed by atoms with van der Waals surface area (Å²) in [5.74, 6) is 0.173. The van der Waals surface area contributed by atoms with Crippen molar-refractivity contribution >= 4 is 14.6 Å². The van der Waals surface area contributed by atoms with E-state index in [9.17, 15) is 4.79 Å². The molecular formula is C14H17MnO7Si-. The molecule has 0 aliphatic heterocycles. The molecule has 0 aliphatic rings. The smallest absolute Gasteiger partial charge is 0 e. The van der Waals surface area contributed by atoms with Gasteiger partial charge >= 0.3 is 56.5 Å². The molecule has 0 atom stereocenters. The molecule has 1 radical (unpaired) electrons. The molecule has 0 amide bonds. The first-order valence-corrected chi connectivity index (χ1v) is 7.95. The Morgan fingerprint density at radius 2 is 1.09 bits per heavy atom. The fraction of sp³-hybridized carbons (Fsp3) is 0.429. The second-order valence-corrected chi connectivity index (χ2v) is 7.56. The maximum absolute atomic E-state index is 10.2. The Bertz CT molecular complexity index is 298. The minimum atomic E-state index is -1.66. The second-order valence-electron chi connectivity index (χ2n) is 2.87. The average molecular weight is 380 g/mol. The molecule has 0 N–H and O–H groups in total. The Balaban J connectivity index is -0.0000000396. The van der Waals surface area contributed by atoms with Crippen LogP contribution in [0, 0.1) is 33.3 Å². The molecule has 0 aromatic rings. The van der Waals surface area contributed by atoms with E-state index in [4.69, 9.17) is 27.7 Å². The summed E-state index contributed by atoms with van der Waals surface area (Å²) < 4.78 is 43.1. The second kappa shape index (κ2) is 49.8. The molecule has 0 fully saturated rings. The average Bonchev–Trinajstić information content (AvgIpc) is 2.67. The zero-order valence-corrected chi connectivity index (χ0v) is 15.2. The summed E-state index contributed by atoms with van der Waals surface area (Å²) in [6, 6.07) is 3.09. The van der Waals surface area contributed by atoms with Crippen molar-refractivity contribution in [2.24, 2.45) is 0 Å². The predicted octanol–water partition coefficient (Wildman–Crippen LogP) is 2.44. The van der Waals surface area contributed by atoms with Crippen LogP contribution in [0.15, 0.2) is 12.3 Å². The zero-order chi connectivity index (χ0) is 19.6. The molecule has 127 valence electrons. The van der Waals surface area contributed by atoms with Crippen molar-refractivity contribution in [3.05, 3.63) is 45.6 Å². The van der Waals surface area contributed by atoms with Crippen LogP contribution in [0.25, 0.3) is 0 Å². The summed E-state index contributed by atoms with van der Waals surface area (Å²) in [4.78, 5) is 10.2. The van der Waals surface area contributed by atoms with Crippen LogP contribution in [0.5, 0.6) is 0 Å². The van der Waals surface area contributed by atoms with Crippen LogP contribution in [0.2, 0.25) is 18.1 Å². The molecule has 0 aliphatic carbocycles. The summed E-state index contributed by atoms with van der Waals surface area (Å²) in [6.07, 6.45) is 1.69. The fourth-order valence-electron chi connectivity index (χ4n) is 1.25. The Hall–Kier alpha value is -1.35. The number of rotatable bonds is 6. The molecule has 0 aromatic carbocycles. The van der Waals surface area contributed by atoms with Gasteiger partial charge < -0.3 is 9.22 Å². The summed E-state index contributed by atoms with van der Waals surface area (Å²) in [5.41, 5.74) is 0. The van der Waals surface area contributed by atoms with Gasteiger partial charge in [0.2, 0.25) is 8.32 Å². The largest absolute Gasteiger partial charge is 0 e. The first kappa shape index (κ1) is 43.0. The van der Waals surface area contributed by atoms with Crippen molar-refractivity contribution in [2.75, 3.05) is 0 Å². The molecular weight excluding hydrogens is 363 g/mol. The van der Waals surface area contributed by atoms with Crippen LogP contribution in [0.3, 0.4) is 0 Å². The summed E-state index contributed by atoms with van der Waals surface area (Å²) in [5, 5.41) is 0. The third-order valence-corrected chi connectivity index (χ3v) is 6.93. The first-order chi connectivity index (χ1) is 10.6. The zero-order valence-electron chi connectivity index (χ0n) is 13.1. The Morgan fingerprint density at radius 3 is 1.22 bits per heavy atom. The summed E-state index contributed by atoms with van der Waals surface area (Å²) in [7, 11) is -1.66. The third-order valence-electron chi connectivity index (χ3n) is 2.39. The molecule has 7 nitrogen and oxygen atoms in total. The van der Waals surface area contributed by atoms with Gasteiger partial charge in [0.25, 0.3) is 0 Å². The molecule has 0 saturated carbocycles. The van der Waals surface area contributed by atoms with Gasteiger partial charge in [-0.1, -0.05) is 20.8 Å². The van der Waals surface area contributed by atoms with E-state index in [0.29, 0.717) is 0 Å². The maximum Gasteiger partial charge on any atom is 0 e. The van der Waals surface area contributed by atoms with Gasteiger partial charge in [-0.05, 0) is 23.9 Å². The van der Waals surface area contributed by atoms with Crippen molar-refractivity contribution in [3.63, 3.8) is 0 Å². The minimum Gasteiger partial charge on any atom is 0 e. The Kier molecular flexibility index (Phi) is 93.2. The van der Waals surface area contributed by atoms with Gasteiger partial charge in [0.05, 0.1) is 0 Å². The number of carbonyl (C=O) groups excluding carboxylic acids is 1. The van der Waals surface area contributed by atoms with Gasteiger partial charge in [0.1, 0.15) is 0 Å². The number of hydrogen-bond donors (Lipinski definition) is 0. The SMILES string of the molecule is C=C([C-]=O)O[Si](CC)(CC)CC.[C-]#[O+].[C-]#[O+].[C-]#[O+].[C-]#[O+].[C-]#[O+].[Mn]. The normalized spacial score (nSPS) is 6.13. The molecule has 0 bridgehead atoms. The predicted molar refractivity (Wildman–Crippen MR) is 72.8 cm³/mol. The van der Waals surface area contributed by atoms with E-state index >= 15 is 0 Å². The molecule has 9 heteroatoms. The monoisotopic (exact) mass is 380 g/mol. The Labute approximate surface area is 149 Å². The molecule has 0 aromatic heterocycles.